The van der Waals surface area contributed by atoms with Crippen molar-refractivity contribution < 1.29 is 9.53 Å². The predicted molar refractivity (Wildman–Crippen MR) is 78.2 cm³/mol. The third-order valence-electron chi connectivity index (χ3n) is 2.82. The molecule has 4 heteroatoms. The number of rotatable bonds is 7. The van der Waals surface area contributed by atoms with Gasteiger partial charge in [0, 0.05) is 31.0 Å². The minimum Gasteiger partial charge on any atom is -0.398 e. The van der Waals surface area contributed by atoms with Gasteiger partial charge >= 0.3 is 0 Å². The number of nitrogens with two attached hydrogens (primary N) is 1. The molecule has 106 valence electrons. The molecule has 0 aromatic heterocycles. The fourth-order valence-corrected chi connectivity index (χ4v) is 1.69. The molecule has 3 N–H and O–H groups in total. The van der Waals surface area contributed by atoms with E-state index < -0.39 is 0 Å². The van der Waals surface area contributed by atoms with Crippen molar-refractivity contribution in [3.8, 4) is 0 Å². The molecule has 0 spiro atoms. The minimum absolute atomic E-state index is 0.0753. The third-order valence-corrected chi connectivity index (χ3v) is 2.82. The second-order valence-electron chi connectivity index (χ2n) is 5.10. The van der Waals surface area contributed by atoms with Crippen molar-refractivity contribution in [3.05, 3.63) is 29.3 Å². The van der Waals surface area contributed by atoms with E-state index in [0.29, 0.717) is 30.3 Å². The van der Waals surface area contributed by atoms with Gasteiger partial charge in [0.05, 0.1) is 0 Å². The van der Waals surface area contributed by atoms with Crippen molar-refractivity contribution in [1.82, 2.24) is 5.32 Å². The van der Waals surface area contributed by atoms with Crippen LogP contribution in [0.1, 0.15) is 36.2 Å². The second kappa shape index (κ2) is 7.79. The molecule has 1 aromatic rings. The van der Waals surface area contributed by atoms with Gasteiger partial charge in [-0.1, -0.05) is 19.9 Å². The highest BCUT2D eigenvalue weighted by Crippen LogP contribution is 2.15. The summed E-state index contributed by atoms with van der Waals surface area (Å²) in [6, 6.07) is 5.38. The minimum atomic E-state index is -0.0753. The number of ether oxygens (including phenoxy) is 1. The highest BCUT2D eigenvalue weighted by atomic mass is 16.5. The van der Waals surface area contributed by atoms with Crippen LogP contribution in [-0.4, -0.2) is 25.7 Å². The molecule has 1 aromatic carbocycles. The number of amides is 1. The number of carbonyl (C=O) groups is 1. The zero-order chi connectivity index (χ0) is 14.3. The van der Waals surface area contributed by atoms with Crippen LogP contribution in [0.3, 0.4) is 0 Å². The fraction of sp³-hybridized carbons (Fsp3) is 0.533. The Bertz CT molecular complexity index is 417. The van der Waals surface area contributed by atoms with E-state index in [4.69, 9.17) is 10.5 Å². The van der Waals surface area contributed by atoms with Crippen LogP contribution in [0, 0.1) is 12.8 Å². The summed E-state index contributed by atoms with van der Waals surface area (Å²) in [6.07, 6.45) is 0.819. The molecule has 0 fully saturated rings. The van der Waals surface area contributed by atoms with Crippen molar-refractivity contribution in [2.45, 2.75) is 27.2 Å². The van der Waals surface area contributed by atoms with Gasteiger partial charge in [-0.05, 0) is 37.0 Å². The Labute approximate surface area is 115 Å². The van der Waals surface area contributed by atoms with E-state index in [-0.39, 0.29) is 5.91 Å². The molecule has 0 saturated carbocycles. The molecule has 0 aliphatic heterocycles. The third kappa shape index (κ3) is 5.30. The number of nitrogens with one attached hydrogen (secondary N) is 1. The Morgan fingerprint density at radius 3 is 2.84 bits per heavy atom. The first kappa shape index (κ1) is 15.5. The van der Waals surface area contributed by atoms with Gasteiger partial charge in [0.15, 0.2) is 0 Å². The Morgan fingerprint density at radius 2 is 2.16 bits per heavy atom. The molecule has 0 saturated heterocycles. The topological polar surface area (TPSA) is 64.4 Å². The summed E-state index contributed by atoms with van der Waals surface area (Å²) >= 11 is 0. The van der Waals surface area contributed by atoms with Crippen LogP contribution >= 0.6 is 0 Å². The number of nitrogen functional groups attached to an aromatic ring is 1. The molecule has 0 aliphatic rings. The second-order valence-corrected chi connectivity index (χ2v) is 5.10. The van der Waals surface area contributed by atoms with E-state index in [1.807, 2.05) is 6.92 Å². The molecule has 0 aliphatic carbocycles. The van der Waals surface area contributed by atoms with Gasteiger partial charge in [0.1, 0.15) is 0 Å². The number of anilines is 1. The van der Waals surface area contributed by atoms with Gasteiger partial charge in [-0.25, -0.2) is 0 Å². The molecule has 0 heterocycles. The highest BCUT2D eigenvalue weighted by molar-refractivity contribution is 5.96. The lowest BCUT2D eigenvalue weighted by Crippen LogP contribution is -2.26. The van der Waals surface area contributed by atoms with E-state index in [0.717, 1.165) is 18.6 Å². The van der Waals surface area contributed by atoms with Gasteiger partial charge < -0.3 is 15.8 Å². The predicted octanol–water partition coefficient (Wildman–Crippen LogP) is 2.37. The van der Waals surface area contributed by atoms with Crippen molar-refractivity contribution in [2.75, 3.05) is 25.5 Å². The van der Waals surface area contributed by atoms with Gasteiger partial charge in [-0.3, -0.25) is 4.79 Å². The zero-order valence-corrected chi connectivity index (χ0v) is 12.0. The molecule has 0 bridgehead atoms. The quantitative estimate of drug-likeness (QED) is 0.587. The summed E-state index contributed by atoms with van der Waals surface area (Å²) in [5.74, 6) is 0.471. The largest absolute Gasteiger partial charge is 0.398 e. The van der Waals surface area contributed by atoms with E-state index in [1.54, 1.807) is 18.2 Å². The molecule has 19 heavy (non-hydrogen) atoms. The number of carbonyl (C=O) groups excluding carboxylic acids is 1. The molecule has 0 atom stereocenters. The average Bonchev–Trinajstić information content (AvgIpc) is 2.36. The maximum Gasteiger partial charge on any atom is 0.251 e. The van der Waals surface area contributed by atoms with Crippen LogP contribution in [0.2, 0.25) is 0 Å². The fourth-order valence-electron chi connectivity index (χ4n) is 1.69. The van der Waals surface area contributed by atoms with Gasteiger partial charge in [-0.2, -0.15) is 0 Å². The maximum atomic E-state index is 12.0. The van der Waals surface area contributed by atoms with Crippen molar-refractivity contribution >= 4 is 11.6 Å². The molecule has 1 rings (SSSR count). The van der Waals surface area contributed by atoms with Crippen LogP contribution in [-0.2, 0) is 4.74 Å². The van der Waals surface area contributed by atoms with Crippen LogP contribution in [0.5, 0.6) is 0 Å². The Hall–Kier alpha value is -1.55. The van der Waals surface area contributed by atoms with E-state index in [1.165, 1.54) is 0 Å². The molecule has 0 radical (unpaired) electrons. The molecular formula is C15H24N2O2. The van der Waals surface area contributed by atoms with E-state index >= 15 is 0 Å². The number of hydrogen-bond acceptors (Lipinski definition) is 3. The van der Waals surface area contributed by atoms with Crippen molar-refractivity contribution in [1.29, 1.82) is 0 Å². The summed E-state index contributed by atoms with van der Waals surface area (Å²) in [7, 11) is 0. The smallest absolute Gasteiger partial charge is 0.251 e. The summed E-state index contributed by atoms with van der Waals surface area (Å²) in [5.41, 5.74) is 7.90. The number of hydrogen-bond donors (Lipinski definition) is 2. The van der Waals surface area contributed by atoms with Gasteiger partial charge in [0.25, 0.3) is 5.91 Å². The lowest BCUT2D eigenvalue weighted by atomic mass is 10.1. The summed E-state index contributed by atoms with van der Waals surface area (Å²) in [6.45, 7) is 8.15. The first-order chi connectivity index (χ1) is 9.02. The van der Waals surface area contributed by atoms with Crippen LogP contribution in [0.15, 0.2) is 18.2 Å². The molecule has 4 nitrogen and oxygen atoms in total. The summed E-state index contributed by atoms with van der Waals surface area (Å²) < 4.78 is 5.45. The Kier molecular flexibility index (Phi) is 6.36. The summed E-state index contributed by atoms with van der Waals surface area (Å²) in [4.78, 5) is 12.0. The van der Waals surface area contributed by atoms with Crippen molar-refractivity contribution in [3.63, 3.8) is 0 Å². The van der Waals surface area contributed by atoms with Crippen LogP contribution in [0.4, 0.5) is 5.69 Å². The average molecular weight is 264 g/mol. The SMILES string of the molecule is Cc1c(N)cccc1C(=O)NCCCOCC(C)C. The number of benzene rings is 1. The van der Waals surface area contributed by atoms with E-state index in [9.17, 15) is 4.79 Å². The molecular weight excluding hydrogens is 240 g/mol. The standard InChI is InChI=1S/C15H24N2O2/c1-11(2)10-19-9-5-8-17-15(18)13-6-4-7-14(16)12(13)3/h4,6-7,11H,5,8-10,16H2,1-3H3,(H,17,18). The van der Waals surface area contributed by atoms with Crippen LogP contribution in [0.25, 0.3) is 0 Å². The first-order valence-corrected chi connectivity index (χ1v) is 6.73. The molecule has 0 unspecified atom stereocenters. The van der Waals surface area contributed by atoms with Gasteiger partial charge in [-0.15, -0.1) is 0 Å². The van der Waals surface area contributed by atoms with Crippen LogP contribution < -0.4 is 11.1 Å². The first-order valence-electron chi connectivity index (χ1n) is 6.73. The lowest BCUT2D eigenvalue weighted by molar-refractivity contribution is 0.0924. The Morgan fingerprint density at radius 1 is 1.42 bits per heavy atom. The summed E-state index contributed by atoms with van der Waals surface area (Å²) in [5, 5.41) is 2.88. The highest BCUT2D eigenvalue weighted by Gasteiger charge is 2.09. The monoisotopic (exact) mass is 264 g/mol. The lowest BCUT2D eigenvalue weighted by Gasteiger charge is -2.10. The molecule has 1 amide bonds. The van der Waals surface area contributed by atoms with Crippen molar-refractivity contribution in [2.24, 2.45) is 5.92 Å². The maximum absolute atomic E-state index is 12.0. The van der Waals surface area contributed by atoms with Gasteiger partial charge in [0.2, 0.25) is 0 Å². The van der Waals surface area contributed by atoms with E-state index in [2.05, 4.69) is 19.2 Å². The normalized spacial score (nSPS) is 10.7. The zero-order valence-electron chi connectivity index (χ0n) is 12.0. The Balaban J connectivity index is 2.30.